The molecule has 0 atom stereocenters. The van der Waals surface area contributed by atoms with Crippen molar-refractivity contribution < 1.29 is 4.79 Å². The number of nitrogens with two attached hydrogens (primary N) is 1. The van der Waals surface area contributed by atoms with Crippen molar-refractivity contribution in [2.45, 2.75) is 19.8 Å². The molecule has 1 amide bonds. The monoisotopic (exact) mass is 202 g/mol. The maximum Gasteiger partial charge on any atom is 0.217 e. The number of carbonyl (C=O) groups is 1. The van der Waals surface area contributed by atoms with Gasteiger partial charge in [-0.3, -0.25) is 9.78 Å². The second-order valence-corrected chi connectivity index (χ2v) is 2.24. The van der Waals surface area contributed by atoms with Gasteiger partial charge in [0.25, 0.3) is 0 Å². The van der Waals surface area contributed by atoms with Crippen LogP contribution in [0.5, 0.6) is 0 Å². The van der Waals surface area contributed by atoms with Gasteiger partial charge < -0.3 is 5.73 Å². The molecular weight excluding hydrogens is 188 g/mol. The number of amides is 1. The van der Waals surface area contributed by atoms with Crippen molar-refractivity contribution in [3.05, 3.63) is 30.6 Å². The van der Waals surface area contributed by atoms with E-state index < -0.39 is 0 Å². The Hall–Kier alpha value is -1.09. The lowest BCUT2D eigenvalue weighted by atomic mass is 10.3. The highest BCUT2D eigenvalue weighted by atomic mass is 35.5. The molecule has 1 heterocycles. The molecule has 1 aromatic rings. The average Bonchev–Trinajstić information content (AvgIpc) is 2.08. The lowest BCUT2D eigenvalue weighted by Gasteiger charge is -1.81. The summed E-state index contributed by atoms with van der Waals surface area (Å²) in [6.45, 7) is 1.92. The fourth-order valence-electron chi connectivity index (χ4n) is 0.559. The second-order valence-electron chi connectivity index (χ2n) is 2.24. The van der Waals surface area contributed by atoms with E-state index in [-0.39, 0.29) is 18.3 Å². The first-order valence-electron chi connectivity index (χ1n) is 3.90. The Bertz CT molecular complexity index is 177. The van der Waals surface area contributed by atoms with Crippen LogP contribution in [-0.4, -0.2) is 10.9 Å². The molecule has 0 fully saturated rings. The molecular formula is C9H15ClN2O. The minimum absolute atomic E-state index is 0. The maximum absolute atomic E-state index is 9.82. The van der Waals surface area contributed by atoms with E-state index in [9.17, 15) is 4.79 Å². The van der Waals surface area contributed by atoms with Crippen molar-refractivity contribution in [1.82, 2.24) is 4.98 Å². The Balaban J connectivity index is 0. The number of nitrogens with zero attached hydrogens (tertiary/aromatic N) is 1. The zero-order chi connectivity index (χ0) is 9.23. The molecule has 0 saturated carbocycles. The molecule has 74 valence electrons. The molecule has 0 aliphatic heterocycles. The third kappa shape index (κ3) is 13.8. The van der Waals surface area contributed by atoms with Crippen LogP contribution >= 0.6 is 12.4 Å². The first-order chi connectivity index (χ1) is 5.77. The summed E-state index contributed by atoms with van der Waals surface area (Å²) in [7, 11) is 0. The van der Waals surface area contributed by atoms with E-state index in [0.717, 1.165) is 6.42 Å². The summed E-state index contributed by atoms with van der Waals surface area (Å²) < 4.78 is 0. The first-order valence-corrected chi connectivity index (χ1v) is 3.90. The van der Waals surface area contributed by atoms with E-state index >= 15 is 0 Å². The van der Waals surface area contributed by atoms with E-state index in [0.29, 0.717) is 6.42 Å². The highest BCUT2D eigenvalue weighted by Gasteiger charge is 1.84. The normalized spacial score (nSPS) is 7.46. The van der Waals surface area contributed by atoms with Crippen LogP contribution in [0, 0.1) is 0 Å². The van der Waals surface area contributed by atoms with Gasteiger partial charge in [0.05, 0.1) is 0 Å². The predicted molar refractivity (Wildman–Crippen MR) is 55.6 cm³/mol. The number of hydrogen-bond acceptors (Lipinski definition) is 2. The van der Waals surface area contributed by atoms with Crippen LogP contribution in [0.15, 0.2) is 30.6 Å². The number of pyridine rings is 1. The van der Waals surface area contributed by atoms with Crippen molar-refractivity contribution in [1.29, 1.82) is 0 Å². The van der Waals surface area contributed by atoms with E-state index in [1.165, 1.54) is 0 Å². The number of hydrogen-bond donors (Lipinski definition) is 1. The molecule has 2 N–H and O–H groups in total. The molecule has 3 nitrogen and oxygen atoms in total. The number of aromatic nitrogens is 1. The van der Waals surface area contributed by atoms with E-state index in [1.54, 1.807) is 12.4 Å². The molecule has 0 saturated heterocycles. The van der Waals surface area contributed by atoms with Gasteiger partial charge in [0, 0.05) is 18.8 Å². The molecule has 0 aliphatic carbocycles. The van der Waals surface area contributed by atoms with Crippen molar-refractivity contribution in [2.24, 2.45) is 5.73 Å². The van der Waals surface area contributed by atoms with Crippen LogP contribution in [0.25, 0.3) is 0 Å². The van der Waals surface area contributed by atoms with Crippen LogP contribution in [-0.2, 0) is 4.79 Å². The third-order valence-electron chi connectivity index (χ3n) is 1.06. The van der Waals surface area contributed by atoms with Gasteiger partial charge in [-0.25, -0.2) is 0 Å². The highest BCUT2D eigenvalue weighted by Crippen LogP contribution is 1.79. The smallest absolute Gasteiger partial charge is 0.217 e. The Kier molecular flexibility index (Phi) is 12.1. The first kappa shape index (κ1) is 14.4. The van der Waals surface area contributed by atoms with Gasteiger partial charge in [-0.1, -0.05) is 13.0 Å². The number of halogens is 1. The van der Waals surface area contributed by atoms with Gasteiger partial charge in [-0.15, -0.1) is 12.4 Å². The largest absolute Gasteiger partial charge is 0.370 e. The zero-order valence-corrected chi connectivity index (χ0v) is 8.46. The fraction of sp³-hybridized carbons (Fsp3) is 0.333. The summed E-state index contributed by atoms with van der Waals surface area (Å²) in [4.78, 5) is 13.6. The molecule has 13 heavy (non-hydrogen) atoms. The minimum Gasteiger partial charge on any atom is -0.370 e. The summed E-state index contributed by atoms with van der Waals surface area (Å²) in [5.74, 6) is -0.211. The van der Waals surface area contributed by atoms with Crippen LogP contribution in [0.4, 0.5) is 0 Å². The Labute approximate surface area is 84.8 Å². The fourth-order valence-corrected chi connectivity index (χ4v) is 0.559. The summed E-state index contributed by atoms with van der Waals surface area (Å²) in [5.41, 5.74) is 4.76. The van der Waals surface area contributed by atoms with E-state index in [2.05, 4.69) is 4.98 Å². The lowest BCUT2D eigenvalue weighted by Crippen LogP contribution is -2.08. The summed E-state index contributed by atoms with van der Waals surface area (Å²) >= 11 is 0. The van der Waals surface area contributed by atoms with Crippen molar-refractivity contribution in [3.63, 3.8) is 0 Å². The van der Waals surface area contributed by atoms with Gasteiger partial charge in [-0.05, 0) is 18.6 Å². The molecule has 0 radical (unpaired) electrons. The van der Waals surface area contributed by atoms with Gasteiger partial charge >= 0.3 is 0 Å². The van der Waals surface area contributed by atoms with Crippen LogP contribution in [0.1, 0.15) is 19.8 Å². The van der Waals surface area contributed by atoms with Gasteiger partial charge in [-0.2, -0.15) is 0 Å². The molecule has 0 spiro atoms. The quantitative estimate of drug-likeness (QED) is 0.795. The number of carbonyl (C=O) groups excluding carboxylic acids is 1. The molecule has 0 aliphatic rings. The standard InChI is InChI=1S/C5H5N.C4H9NO.ClH/c1-2-4-6-5-3-1;1-2-3-4(5)6;/h1-5H;2-3H2,1H3,(H2,5,6);1H. The van der Waals surface area contributed by atoms with Crippen LogP contribution in [0.3, 0.4) is 0 Å². The summed E-state index contributed by atoms with van der Waals surface area (Å²) in [6, 6.07) is 5.72. The van der Waals surface area contributed by atoms with Gasteiger partial charge in [0.2, 0.25) is 5.91 Å². The van der Waals surface area contributed by atoms with Crippen LogP contribution < -0.4 is 5.73 Å². The topological polar surface area (TPSA) is 56.0 Å². The predicted octanol–water partition coefficient (Wildman–Crippen LogP) is 1.78. The van der Waals surface area contributed by atoms with E-state index in [1.807, 2.05) is 25.1 Å². The second kappa shape index (κ2) is 10.9. The molecule has 0 aromatic carbocycles. The lowest BCUT2D eigenvalue weighted by molar-refractivity contribution is -0.118. The highest BCUT2D eigenvalue weighted by molar-refractivity contribution is 5.85. The van der Waals surface area contributed by atoms with Gasteiger partial charge in [0.1, 0.15) is 0 Å². The zero-order valence-electron chi connectivity index (χ0n) is 7.64. The summed E-state index contributed by atoms with van der Waals surface area (Å²) in [5, 5.41) is 0. The van der Waals surface area contributed by atoms with Crippen molar-refractivity contribution in [3.8, 4) is 0 Å². The maximum atomic E-state index is 9.82. The number of rotatable bonds is 2. The third-order valence-corrected chi connectivity index (χ3v) is 1.06. The molecule has 1 aromatic heterocycles. The Morgan fingerprint density at radius 2 is 1.85 bits per heavy atom. The van der Waals surface area contributed by atoms with Gasteiger partial charge in [0.15, 0.2) is 0 Å². The van der Waals surface area contributed by atoms with E-state index in [4.69, 9.17) is 5.73 Å². The minimum atomic E-state index is -0.211. The van der Waals surface area contributed by atoms with Crippen LogP contribution in [0.2, 0.25) is 0 Å². The molecule has 0 bridgehead atoms. The Morgan fingerprint density at radius 1 is 1.31 bits per heavy atom. The molecule has 1 rings (SSSR count). The van der Waals surface area contributed by atoms with Crippen molar-refractivity contribution in [2.75, 3.05) is 0 Å². The molecule has 0 unspecified atom stereocenters. The SMILES string of the molecule is CCCC(N)=O.Cl.c1ccncc1. The summed E-state index contributed by atoms with van der Waals surface area (Å²) in [6.07, 6.45) is 4.87. The average molecular weight is 203 g/mol. The number of primary amides is 1. The Morgan fingerprint density at radius 3 is 1.92 bits per heavy atom. The van der Waals surface area contributed by atoms with Crippen molar-refractivity contribution >= 4 is 18.3 Å². The molecule has 4 heteroatoms.